The molecule has 0 aliphatic rings. The molecule has 1 rings (SSSR count). The zero-order chi connectivity index (χ0) is 10.7. The van der Waals surface area contributed by atoms with E-state index in [1.54, 1.807) is 0 Å². The van der Waals surface area contributed by atoms with E-state index in [1.807, 2.05) is 0 Å². The van der Waals surface area contributed by atoms with Crippen molar-refractivity contribution in [3.05, 3.63) is 34.6 Å². The number of aliphatic hydroxyl groups is 1. The van der Waals surface area contributed by atoms with Gasteiger partial charge in [0.1, 0.15) is 5.82 Å². The second-order valence-electron chi connectivity index (χ2n) is 2.77. The van der Waals surface area contributed by atoms with Crippen molar-refractivity contribution in [1.29, 1.82) is 0 Å². The minimum absolute atomic E-state index is 0.146. The molecular formula is C9H8ClFO3. The van der Waals surface area contributed by atoms with Crippen LogP contribution in [-0.4, -0.2) is 22.3 Å². The number of carboxylic acids is 1. The lowest BCUT2D eigenvalue weighted by atomic mass is 10.1. The van der Waals surface area contributed by atoms with E-state index in [0.29, 0.717) is 0 Å². The van der Waals surface area contributed by atoms with Gasteiger partial charge in [-0.05, 0) is 11.6 Å². The highest BCUT2D eigenvalue weighted by Crippen LogP contribution is 2.20. The molecule has 0 saturated heterocycles. The van der Waals surface area contributed by atoms with Crippen molar-refractivity contribution >= 4 is 17.6 Å². The number of carboxylic acid groups (broad SMARTS) is 1. The van der Waals surface area contributed by atoms with Gasteiger partial charge in [-0.15, -0.1) is 0 Å². The molecule has 0 aliphatic carbocycles. The fourth-order valence-corrected chi connectivity index (χ4v) is 1.20. The molecule has 0 fully saturated rings. The number of aliphatic hydroxyl groups excluding tert-OH is 1. The first-order valence-corrected chi connectivity index (χ1v) is 4.24. The maximum atomic E-state index is 12.9. The standard InChI is InChI=1S/C9H8ClFO3/c10-8-5(2-1-3-6(8)11)4-7(12)9(13)14/h1-3,7,12H,4H2,(H,13,14). The molecule has 1 atom stereocenters. The van der Waals surface area contributed by atoms with Gasteiger partial charge >= 0.3 is 5.97 Å². The monoisotopic (exact) mass is 218 g/mol. The van der Waals surface area contributed by atoms with Crippen LogP contribution in [0.5, 0.6) is 0 Å². The third kappa shape index (κ3) is 2.43. The van der Waals surface area contributed by atoms with Crippen LogP contribution in [0.4, 0.5) is 4.39 Å². The molecule has 14 heavy (non-hydrogen) atoms. The van der Waals surface area contributed by atoms with E-state index in [2.05, 4.69) is 0 Å². The SMILES string of the molecule is O=C(O)C(O)Cc1cccc(F)c1Cl. The lowest BCUT2D eigenvalue weighted by Crippen LogP contribution is -2.22. The van der Waals surface area contributed by atoms with Crippen LogP contribution in [0.15, 0.2) is 18.2 Å². The molecule has 0 spiro atoms. The van der Waals surface area contributed by atoms with Crippen LogP contribution in [0.1, 0.15) is 5.56 Å². The van der Waals surface area contributed by atoms with Crippen molar-refractivity contribution in [3.8, 4) is 0 Å². The summed E-state index contributed by atoms with van der Waals surface area (Å²) in [5.41, 5.74) is 0.279. The zero-order valence-electron chi connectivity index (χ0n) is 7.08. The molecule has 0 heterocycles. The predicted molar refractivity (Wildman–Crippen MR) is 48.8 cm³/mol. The molecule has 0 aliphatic heterocycles. The van der Waals surface area contributed by atoms with Gasteiger partial charge in [0.05, 0.1) is 5.02 Å². The molecule has 0 saturated carbocycles. The summed E-state index contributed by atoms with van der Waals surface area (Å²) in [5.74, 6) is -1.98. The van der Waals surface area contributed by atoms with Gasteiger partial charge in [0, 0.05) is 6.42 Å². The highest BCUT2D eigenvalue weighted by Gasteiger charge is 2.16. The number of benzene rings is 1. The number of halogens is 2. The Morgan fingerprint density at radius 2 is 2.21 bits per heavy atom. The molecule has 0 bridgehead atoms. The van der Waals surface area contributed by atoms with Crippen LogP contribution in [0, 0.1) is 5.82 Å². The normalized spacial score (nSPS) is 12.5. The van der Waals surface area contributed by atoms with E-state index in [4.69, 9.17) is 21.8 Å². The van der Waals surface area contributed by atoms with Crippen molar-refractivity contribution in [2.24, 2.45) is 0 Å². The van der Waals surface area contributed by atoms with Crippen LogP contribution < -0.4 is 0 Å². The highest BCUT2D eigenvalue weighted by atomic mass is 35.5. The maximum absolute atomic E-state index is 12.9. The quantitative estimate of drug-likeness (QED) is 0.808. The van der Waals surface area contributed by atoms with Crippen molar-refractivity contribution in [1.82, 2.24) is 0 Å². The van der Waals surface area contributed by atoms with Crippen molar-refractivity contribution in [2.45, 2.75) is 12.5 Å². The molecule has 1 aromatic rings. The van der Waals surface area contributed by atoms with Gasteiger partial charge in [0.2, 0.25) is 0 Å². The Kier molecular flexibility index (Phi) is 3.43. The Morgan fingerprint density at radius 3 is 2.79 bits per heavy atom. The molecular weight excluding hydrogens is 211 g/mol. The van der Waals surface area contributed by atoms with Crippen LogP contribution in [0.25, 0.3) is 0 Å². The average Bonchev–Trinajstić information content (AvgIpc) is 2.12. The number of hydrogen-bond acceptors (Lipinski definition) is 2. The second-order valence-corrected chi connectivity index (χ2v) is 3.15. The van der Waals surface area contributed by atoms with Crippen LogP contribution in [-0.2, 0) is 11.2 Å². The smallest absolute Gasteiger partial charge is 0.332 e. The first-order chi connectivity index (χ1) is 6.52. The van der Waals surface area contributed by atoms with E-state index >= 15 is 0 Å². The third-order valence-electron chi connectivity index (χ3n) is 1.73. The average molecular weight is 219 g/mol. The topological polar surface area (TPSA) is 57.5 Å². The lowest BCUT2D eigenvalue weighted by Gasteiger charge is -2.07. The van der Waals surface area contributed by atoms with Crippen LogP contribution in [0.2, 0.25) is 5.02 Å². The van der Waals surface area contributed by atoms with Gasteiger partial charge in [-0.25, -0.2) is 9.18 Å². The summed E-state index contributed by atoms with van der Waals surface area (Å²) < 4.78 is 12.9. The number of aliphatic carboxylic acids is 1. The van der Waals surface area contributed by atoms with Gasteiger partial charge < -0.3 is 10.2 Å². The van der Waals surface area contributed by atoms with Crippen molar-refractivity contribution < 1.29 is 19.4 Å². The molecule has 76 valence electrons. The summed E-state index contributed by atoms with van der Waals surface area (Å²) >= 11 is 5.56. The minimum atomic E-state index is -1.56. The van der Waals surface area contributed by atoms with Gasteiger partial charge in [-0.2, -0.15) is 0 Å². The summed E-state index contributed by atoms with van der Waals surface area (Å²) in [7, 11) is 0. The number of hydrogen-bond donors (Lipinski definition) is 2. The summed E-state index contributed by atoms with van der Waals surface area (Å²) in [6, 6.07) is 4.04. The summed E-state index contributed by atoms with van der Waals surface area (Å²) in [5, 5.41) is 17.3. The fourth-order valence-electron chi connectivity index (χ4n) is 1.00. The molecule has 1 unspecified atom stereocenters. The van der Waals surface area contributed by atoms with E-state index in [9.17, 15) is 9.18 Å². The maximum Gasteiger partial charge on any atom is 0.332 e. The van der Waals surface area contributed by atoms with Crippen LogP contribution >= 0.6 is 11.6 Å². The van der Waals surface area contributed by atoms with Crippen molar-refractivity contribution in [2.75, 3.05) is 0 Å². The van der Waals surface area contributed by atoms with Crippen molar-refractivity contribution in [3.63, 3.8) is 0 Å². The van der Waals surface area contributed by atoms with Gasteiger partial charge in [-0.3, -0.25) is 0 Å². The Balaban J connectivity index is 2.87. The highest BCUT2D eigenvalue weighted by molar-refractivity contribution is 6.31. The third-order valence-corrected chi connectivity index (χ3v) is 2.15. The summed E-state index contributed by atoms with van der Waals surface area (Å²) in [6.45, 7) is 0. The van der Waals surface area contributed by atoms with E-state index < -0.39 is 17.9 Å². The lowest BCUT2D eigenvalue weighted by molar-refractivity contribution is -0.146. The first-order valence-electron chi connectivity index (χ1n) is 3.86. The zero-order valence-corrected chi connectivity index (χ0v) is 7.83. The van der Waals surface area contributed by atoms with Gasteiger partial charge in [0.25, 0.3) is 0 Å². The van der Waals surface area contributed by atoms with Crippen LogP contribution in [0.3, 0.4) is 0 Å². The Labute approximate surface area is 84.7 Å². The molecule has 3 nitrogen and oxygen atoms in total. The first kappa shape index (κ1) is 10.9. The molecule has 1 aromatic carbocycles. The van der Waals surface area contributed by atoms with E-state index in [-0.39, 0.29) is 17.0 Å². The van der Waals surface area contributed by atoms with E-state index in [1.165, 1.54) is 18.2 Å². The predicted octanol–water partition coefficient (Wildman–Crippen LogP) is 1.47. The fraction of sp³-hybridized carbons (Fsp3) is 0.222. The largest absolute Gasteiger partial charge is 0.479 e. The van der Waals surface area contributed by atoms with Gasteiger partial charge in [-0.1, -0.05) is 23.7 Å². The Bertz CT molecular complexity index is 354. The Hall–Kier alpha value is -1.13. The minimum Gasteiger partial charge on any atom is -0.479 e. The van der Waals surface area contributed by atoms with E-state index in [0.717, 1.165) is 0 Å². The molecule has 5 heteroatoms. The summed E-state index contributed by atoms with van der Waals surface area (Å²) in [6.07, 6.45) is -1.76. The molecule has 0 aromatic heterocycles. The molecule has 0 amide bonds. The number of carbonyl (C=O) groups is 1. The molecule has 2 N–H and O–H groups in total. The second kappa shape index (κ2) is 4.39. The number of rotatable bonds is 3. The Morgan fingerprint density at radius 1 is 1.57 bits per heavy atom. The molecule has 0 radical (unpaired) electrons. The summed E-state index contributed by atoms with van der Waals surface area (Å²) in [4.78, 5) is 10.3. The van der Waals surface area contributed by atoms with Gasteiger partial charge in [0.15, 0.2) is 6.10 Å².